The van der Waals surface area contributed by atoms with Crippen molar-refractivity contribution in [2.45, 2.75) is 64.5 Å². The SMILES string of the molecule is CCOC1CCN(C2(CN)CC(C)CCC2C)CC1. The van der Waals surface area contributed by atoms with E-state index in [0.29, 0.717) is 6.10 Å². The molecular weight excluding hydrogens is 236 g/mol. The van der Waals surface area contributed by atoms with Crippen LogP contribution in [0.1, 0.15) is 52.9 Å². The van der Waals surface area contributed by atoms with Gasteiger partial charge >= 0.3 is 0 Å². The zero-order chi connectivity index (χ0) is 13.9. The Bertz CT molecular complexity index is 276. The lowest BCUT2D eigenvalue weighted by atomic mass is 9.68. The second-order valence-corrected chi connectivity index (χ2v) is 6.74. The van der Waals surface area contributed by atoms with Gasteiger partial charge in [0.1, 0.15) is 0 Å². The van der Waals surface area contributed by atoms with Crippen LogP contribution < -0.4 is 5.73 Å². The molecule has 0 aromatic heterocycles. The molecule has 2 N–H and O–H groups in total. The highest BCUT2D eigenvalue weighted by Crippen LogP contribution is 2.41. The van der Waals surface area contributed by atoms with Crippen molar-refractivity contribution in [2.24, 2.45) is 17.6 Å². The number of hydrogen-bond donors (Lipinski definition) is 1. The summed E-state index contributed by atoms with van der Waals surface area (Å²) in [5.74, 6) is 1.56. The van der Waals surface area contributed by atoms with Crippen LogP contribution in [-0.2, 0) is 4.74 Å². The van der Waals surface area contributed by atoms with Gasteiger partial charge in [-0.2, -0.15) is 0 Å². The minimum absolute atomic E-state index is 0.259. The van der Waals surface area contributed by atoms with E-state index in [1.807, 2.05) is 0 Å². The van der Waals surface area contributed by atoms with E-state index in [1.165, 1.54) is 45.2 Å². The number of ether oxygens (including phenoxy) is 1. The monoisotopic (exact) mass is 268 g/mol. The molecule has 2 aliphatic rings. The Morgan fingerprint density at radius 1 is 1.16 bits per heavy atom. The number of piperidine rings is 1. The first-order valence-corrected chi connectivity index (χ1v) is 8.19. The predicted octanol–water partition coefficient (Wildman–Crippen LogP) is 2.64. The maximum Gasteiger partial charge on any atom is 0.0599 e. The average molecular weight is 268 g/mol. The molecule has 19 heavy (non-hydrogen) atoms. The summed E-state index contributed by atoms with van der Waals surface area (Å²) in [7, 11) is 0. The molecule has 0 aromatic rings. The summed E-state index contributed by atoms with van der Waals surface area (Å²) in [6.45, 7) is 10.9. The van der Waals surface area contributed by atoms with Crippen molar-refractivity contribution >= 4 is 0 Å². The predicted molar refractivity (Wildman–Crippen MR) is 80.2 cm³/mol. The standard InChI is InChI=1S/C16H32N2O/c1-4-19-15-7-9-18(10-8-15)16(12-17)11-13(2)5-6-14(16)3/h13-15H,4-12,17H2,1-3H3. The largest absolute Gasteiger partial charge is 0.378 e. The maximum absolute atomic E-state index is 6.24. The van der Waals surface area contributed by atoms with Crippen molar-refractivity contribution in [3.8, 4) is 0 Å². The first-order chi connectivity index (χ1) is 9.12. The number of likely N-dealkylation sites (tertiary alicyclic amines) is 1. The summed E-state index contributed by atoms with van der Waals surface area (Å²) in [6.07, 6.45) is 6.83. The molecular formula is C16H32N2O. The van der Waals surface area contributed by atoms with Crippen LogP contribution in [0, 0.1) is 11.8 Å². The minimum atomic E-state index is 0.259. The Labute approximate surface area is 118 Å². The van der Waals surface area contributed by atoms with Crippen molar-refractivity contribution in [1.82, 2.24) is 4.90 Å². The van der Waals surface area contributed by atoms with E-state index in [0.717, 1.165) is 25.0 Å². The molecule has 3 heteroatoms. The third kappa shape index (κ3) is 3.14. The second-order valence-electron chi connectivity index (χ2n) is 6.74. The van der Waals surface area contributed by atoms with E-state index in [4.69, 9.17) is 10.5 Å². The van der Waals surface area contributed by atoms with Gasteiger partial charge in [0.25, 0.3) is 0 Å². The molecule has 0 bridgehead atoms. The Balaban J connectivity index is 2.01. The lowest BCUT2D eigenvalue weighted by Crippen LogP contribution is -2.62. The molecule has 1 aliphatic heterocycles. The second kappa shape index (κ2) is 6.55. The Kier molecular flexibility index (Phi) is 5.27. The molecule has 1 heterocycles. The van der Waals surface area contributed by atoms with Gasteiger partial charge in [-0.05, 0) is 44.4 Å². The molecule has 1 aliphatic carbocycles. The Morgan fingerprint density at radius 3 is 2.42 bits per heavy atom. The fourth-order valence-corrected chi connectivity index (χ4v) is 4.27. The maximum atomic E-state index is 6.24. The van der Waals surface area contributed by atoms with Crippen LogP contribution in [0.5, 0.6) is 0 Å². The van der Waals surface area contributed by atoms with Gasteiger partial charge in [0.15, 0.2) is 0 Å². The summed E-state index contributed by atoms with van der Waals surface area (Å²) in [4.78, 5) is 2.70. The molecule has 3 nitrogen and oxygen atoms in total. The molecule has 2 rings (SSSR count). The van der Waals surface area contributed by atoms with Gasteiger partial charge in [0, 0.05) is 31.8 Å². The molecule has 1 saturated carbocycles. The van der Waals surface area contributed by atoms with Crippen LogP contribution in [0.15, 0.2) is 0 Å². The summed E-state index contributed by atoms with van der Waals surface area (Å²) >= 11 is 0. The van der Waals surface area contributed by atoms with E-state index < -0.39 is 0 Å². The molecule has 0 aromatic carbocycles. The fourth-order valence-electron chi connectivity index (χ4n) is 4.27. The van der Waals surface area contributed by atoms with Gasteiger partial charge in [-0.15, -0.1) is 0 Å². The molecule has 0 amide bonds. The summed E-state index contributed by atoms with van der Waals surface area (Å²) in [5.41, 5.74) is 6.50. The van der Waals surface area contributed by atoms with Crippen LogP contribution in [-0.4, -0.2) is 42.8 Å². The summed E-state index contributed by atoms with van der Waals surface area (Å²) < 4.78 is 5.78. The quantitative estimate of drug-likeness (QED) is 0.852. The number of nitrogens with zero attached hydrogens (tertiary/aromatic N) is 1. The third-order valence-corrected chi connectivity index (χ3v) is 5.54. The lowest BCUT2D eigenvalue weighted by molar-refractivity contribution is -0.0548. The highest BCUT2D eigenvalue weighted by Gasteiger charge is 2.44. The molecule has 112 valence electrons. The number of rotatable bonds is 4. The lowest BCUT2D eigenvalue weighted by Gasteiger charge is -2.53. The van der Waals surface area contributed by atoms with Crippen molar-refractivity contribution in [3.05, 3.63) is 0 Å². The molecule has 1 saturated heterocycles. The first kappa shape index (κ1) is 15.3. The van der Waals surface area contributed by atoms with Crippen LogP contribution in [0.4, 0.5) is 0 Å². The van der Waals surface area contributed by atoms with Gasteiger partial charge in [0.05, 0.1) is 6.10 Å². The smallest absolute Gasteiger partial charge is 0.0599 e. The van der Waals surface area contributed by atoms with Crippen LogP contribution in [0.3, 0.4) is 0 Å². The van der Waals surface area contributed by atoms with Crippen LogP contribution >= 0.6 is 0 Å². The number of nitrogens with two attached hydrogens (primary N) is 1. The average Bonchev–Trinajstić information content (AvgIpc) is 2.43. The van der Waals surface area contributed by atoms with Gasteiger partial charge < -0.3 is 10.5 Å². The molecule has 3 atom stereocenters. The highest BCUT2D eigenvalue weighted by molar-refractivity contribution is 5.01. The van der Waals surface area contributed by atoms with Crippen LogP contribution in [0.25, 0.3) is 0 Å². The Hall–Kier alpha value is -0.120. The van der Waals surface area contributed by atoms with Gasteiger partial charge in [-0.1, -0.05) is 20.3 Å². The highest BCUT2D eigenvalue weighted by atomic mass is 16.5. The summed E-state index contributed by atoms with van der Waals surface area (Å²) in [6, 6.07) is 0. The van der Waals surface area contributed by atoms with Crippen molar-refractivity contribution in [2.75, 3.05) is 26.2 Å². The van der Waals surface area contributed by atoms with Gasteiger partial charge in [-0.25, -0.2) is 0 Å². The van der Waals surface area contributed by atoms with Crippen molar-refractivity contribution in [3.63, 3.8) is 0 Å². The normalized spacial score (nSPS) is 38.5. The van der Waals surface area contributed by atoms with Crippen molar-refractivity contribution < 1.29 is 4.74 Å². The summed E-state index contributed by atoms with van der Waals surface area (Å²) in [5, 5.41) is 0. The fraction of sp³-hybridized carbons (Fsp3) is 1.00. The van der Waals surface area contributed by atoms with E-state index in [2.05, 4.69) is 25.7 Å². The van der Waals surface area contributed by atoms with Crippen molar-refractivity contribution in [1.29, 1.82) is 0 Å². The van der Waals surface area contributed by atoms with E-state index >= 15 is 0 Å². The minimum Gasteiger partial charge on any atom is -0.378 e. The first-order valence-electron chi connectivity index (χ1n) is 8.19. The zero-order valence-corrected chi connectivity index (χ0v) is 13.0. The van der Waals surface area contributed by atoms with E-state index in [9.17, 15) is 0 Å². The molecule has 0 spiro atoms. The van der Waals surface area contributed by atoms with E-state index in [-0.39, 0.29) is 5.54 Å². The van der Waals surface area contributed by atoms with Crippen LogP contribution in [0.2, 0.25) is 0 Å². The van der Waals surface area contributed by atoms with E-state index in [1.54, 1.807) is 0 Å². The van der Waals surface area contributed by atoms with Gasteiger partial charge in [-0.3, -0.25) is 4.90 Å². The zero-order valence-electron chi connectivity index (χ0n) is 13.0. The number of hydrogen-bond acceptors (Lipinski definition) is 3. The molecule has 0 radical (unpaired) electrons. The topological polar surface area (TPSA) is 38.5 Å². The third-order valence-electron chi connectivity index (χ3n) is 5.54. The molecule has 2 fully saturated rings. The van der Waals surface area contributed by atoms with Gasteiger partial charge in [0.2, 0.25) is 0 Å². The Morgan fingerprint density at radius 2 is 1.84 bits per heavy atom. The molecule has 3 unspecified atom stereocenters.